The van der Waals surface area contributed by atoms with Crippen LogP contribution in [0.4, 0.5) is 32.6 Å². The molecular formula is C14H16F5N3O2. The number of ether oxygens (including phenoxy) is 1. The summed E-state index contributed by atoms with van der Waals surface area (Å²) in [5.41, 5.74) is 0.949. The minimum absolute atomic E-state index is 0.0240. The second kappa shape index (κ2) is 5.59. The van der Waals surface area contributed by atoms with Crippen LogP contribution in [0.15, 0.2) is 0 Å². The maximum atomic E-state index is 13.1. The molecule has 0 atom stereocenters. The number of aromatic nitrogens is 2. The maximum absolute atomic E-state index is 13.1. The van der Waals surface area contributed by atoms with Crippen LogP contribution in [0.2, 0.25) is 0 Å². The van der Waals surface area contributed by atoms with E-state index in [1.807, 2.05) is 0 Å². The van der Waals surface area contributed by atoms with Crippen molar-refractivity contribution < 1.29 is 31.5 Å². The van der Waals surface area contributed by atoms with Crippen LogP contribution in [0.3, 0.4) is 0 Å². The molecule has 1 N–H and O–H groups in total. The van der Waals surface area contributed by atoms with Crippen molar-refractivity contribution in [2.45, 2.75) is 56.7 Å². The molecule has 1 aromatic heterocycles. The molecule has 5 nitrogen and oxygen atoms in total. The molecule has 2 fully saturated rings. The van der Waals surface area contributed by atoms with Crippen LogP contribution in [0.5, 0.6) is 0 Å². The van der Waals surface area contributed by atoms with Gasteiger partial charge in [0, 0.05) is 24.3 Å². The monoisotopic (exact) mass is 353 g/mol. The highest BCUT2D eigenvalue weighted by molar-refractivity contribution is 5.84. The van der Waals surface area contributed by atoms with Crippen molar-refractivity contribution in [3.05, 3.63) is 11.3 Å². The zero-order valence-corrected chi connectivity index (χ0v) is 12.8. The number of carbonyl (C=O) groups is 1. The van der Waals surface area contributed by atoms with Gasteiger partial charge in [0.25, 0.3) is 0 Å². The van der Waals surface area contributed by atoms with Crippen LogP contribution in [0.1, 0.15) is 48.9 Å². The van der Waals surface area contributed by atoms with Crippen molar-refractivity contribution in [1.29, 1.82) is 0 Å². The summed E-state index contributed by atoms with van der Waals surface area (Å²) in [6, 6.07) is 0.0240. The van der Waals surface area contributed by atoms with Gasteiger partial charge in [-0.25, -0.2) is 18.3 Å². The molecule has 0 aromatic carbocycles. The summed E-state index contributed by atoms with van der Waals surface area (Å²) in [5.74, 6) is -2.90. The van der Waals surface area contributed by atoms with Crippen molar-refractivity contribution in [1.82, 2.24) is 9.78 Å². The van der Waals surface area contributed by atoms with Gasteiger partial charge in [-0.3, -0.25) is 5.32 Å². The Morgan fingerprint density at radius 1 is 1.38 bits per heavy atom. The van der Waals surface area contributed by atoms with E-state index < -0.39 is 30.7 Å². The molecule has 1 amide bonds. The molecule has 0 unspecified atom stereocenters. The van der Waals surface area contributed by atoms with E-state index in [2.05, 4.69) is 15.2 Å². The zero-order chi connectivity index (χ0) is 17.7. The maximum Gasteiger partial charge on any atom is 0.422 e. The lowest BCUT2D eigenvalue weighted by atomic mass is 9.78. The molecule has 1 heterocycles. The lowest BCUT2D eigenvalue weighted by Gasteiger charge is -2.34. The summed E-state index contributed by atoms with van der Waals surface area (Å²) in [4.78, 5) is 11.6. The topological polar surface area (TPSA) is 56.2 Å². The lowest BCUT2D eigenvalue weighted by molar-refractivity contribution is -0.159. The van der Waals surface area contributed by atoms with Gasteiger partial charge in [-0.15, -0.1) is 0 Å². The molecule has 2 aliphatic rings. The Morgan fingerprint density at radius 2 is 2.00 bits per heavy atom. The molecule has 0 saturated heterocycles. The standard InChI is InChI=1S/C14H16F5N3O2/c1-7-10(8-4-13(15,16)5-8)21-22(9-2-3-9)11(7)20-12(23)24-6-14(17,18)19/h8-9H,2-6H2,1H3,(H,20,23). The van der Waals surface area contributed by atoms with Crippen LogP contribution in [0, 0.1) is 6.92 Å². The first kappa shape index (κ1) is 17.0. The largest absolute Gasteiger partial charge is 0.440 e. The van der Waals surface area contributed by atoms with E-state index in [0.29, 0.717) is 11.3 Å². The predicted octanol–water partition coefficient (Wildman–Crippen LogP) is 4.15. The molecule has 0 aliphatic heterocycles. The van der Waals surface area contributed by atoms with Crippen molar-refractivity contribution in [3.8, 4) is 0 Å². The third-order valence-corrected chi connectivity index (χ3v) is 4.14. The fraction of sp³-hybridized carbons (Fsp3) is 0.714. The van der Waals surface area contributed by atoms with Crippen LogP contribution in [0.25, 0.3) is 0 Å². The van der Waals surface area contributed by atoms with Crippen molar-refractivity contribution in [2.24, 2.45) is 0 Å². The Balaban J connectivity index is 1.74. The molecule has 134 valence electrons. The SMILES string of the molecule is Cc1c(C2CC(F)(F)C2)nn(C2CC2)c1NC(=O)OCC(F)(F)F. The van der Waals surface area contributed by atoms with Gasteiger partial charge >= 0.3 is 12.3 Å². The number of carbonyl (C=O) groups excluding carboxylic acids is 1. The fourth-order valence-electron chi connectivity index (χ4n) is 2.79. The molecule has 3 rings (SSSR count). The van der Waals surface area contributed by atoms with Gasteiger partial charge < -0.3 is 4.74 Å². The van der Waals surface area contributed by atoms with Gasteiger partial charge in [-0.05, 0) is 19.8 Å². The van der Waals surface area contributed by atoms with Gasteiger partial charge in [-0.2, -0.15) is 18.3 Å². The smallest absolute Gasteiger partial charge is 0.422 e. The Labute approximate surface area is 134 Å². The van der Waals surface area contributed by atoms with E-state index in [1.165, 1.54) is 4.68 Å². The molecule has 1 aromatic rings. The number of halogens is 5. The summed E-state index contributed by atoms with van der Waals surface area (Å²) < 4.78 is 68.1. The van der Waals surface area contributed by atoms with E-state index in [-0.39, 0.29) is 24.7 Å². The number of hydrogen-bond donors (Lipinski definition) is 1. The quantitative estimate of drug-likeness (QED) is 0.828. The van der Waals surface area contributed by atoms with Gasteiger partial charge in [-0.1, -0.05) is 0 Å². The molecule has 10 heteroatoms. The molecule has 24 heavy (non-hydrogen) atoms. The van der Waals surface area contributed by atoms with Gasteiger partial charge in [0.2, 0.25) is 5.92 Å². The number of nitrogens with one attached hydrogen (secondary N) is 1. The van der Waals surface area contributed by atoms with E-state index in [9.17, 15) is 26.7 Å². The van der Waals surface area contributed by atoms with Gasteiger partial charge in [0.05, 0.1) is 11.7 Å². The van der Waals surface area contributed by atoms with Crippen LogP contribution >= 0.6 is 0 Å². The molecule has 2 aliphatic carbocycles. The fourth-order valence-corrected chi connectivity index (χ4v) is 2.79. The molecule has 0 spiro atoms. The lowest BCUT2D eigenvalue weighted by Crippen LogP contribution is -2.34. The molecule has 0 radical (unpaired) electrons. The van der Waals surface area contributed by atoms with Gasteiger partial charge in [0.15, 0.2) is 6.61 Å². The first-order valence-corrected chi connectivity index (χ1v) is 7.53. The normalized spacial score (nSPS) is 20.6. The van der Waals surface area contributed by atoms with Crippen molar-refractivity contribution in [3.63, 3.8) is 0 Å². The second-order valence-electron chi connectivity index (χ2n) is 6.31. The van der Waals surface area contributed by atoms with E-state index in [4.69, 9.17) is 0 Å². The van der Waals surface area contributed by atoms with E-state index >= 15 is 0 Å². The third kappa shape index (κ3) is 3.62. The highest BCUT2D eigenvalue weighted by Gasteiger charge is 2.48. The molecule has 0 bridgehead atoms. The van der Waals surface area contributed by atoms with E-state index in [0.717, 1.165) is 12.8 Å². The van der Waals surface area contributed by atoms with Crippen LogP contribution < -0.4 is 5.32 Å². The minimum atomic E-state index is -4.62. The average Bonchev–Trinajstić information content (AvgIpc) is 3.21. The Hall–Kier alpha value is -1.87. The first-order valence-electron chi connectivity index (χ1n) is 7.53. The van der Waals surface area contributed by atoms with Gasteiger partial charge in [0.1, 0.15) is 5.82 Å². The van der Waals surface area contributed by atoms with Crippen LogP contribution in [-0.4, -0.2) is 34.6 Å². The summed E-state index contributed by atoms with van der Waals surface area (Å²) in [6.07, 6.45) is -4.86. The third-order valence-electron chi connectivity index (χ3n) is 4.14. The number of nitrogens with zero attached hydrogens (tertiary/aromatic N) is 2. The highest BCUT2D eigenvalue weighted by atomic mass is 19.4. The Kier molecular flexibility index (Phi) is 3.95. The van der Waals surface area contributed by atoms with Crippen molar-refractivity contribution >= 4 is 11.9 Å². The number of alkyl halides is 5. The molecule has 2 saturated carbocycles. The summed E-state index contributed by atoms with van der Waals surface area (Å²) in [7, 11) is 0. The summed E-state index contributed by atoms with van der Waals surface area (Å²) in [6.45, 7) is -0.0891. The Bertz CT molecular complexity index is 644. The number of amides is 1. The number of hydrogen-bond acceptors (Lipinski definition) is 3. The summed E-state index contributed by atoms with van der Waals surface area (Å²) in [5, 5.41) is 6.58. The molecular weight excluding hydrogens is 337 g/mol. The highest BCUT2D eigenvalue weighted by Crippen LogP contribution is 2.50. The Morgan fingerprint density at radius 3 is 2.50 bits per heavy atom. The number of rotatable bonds is 4. The first-order chi connectivity index (χ1) is 11.1. The average molecular weight is 353 g/mol. The van der Waals surface area contributed by atoms with E-state index in [1.54, 1.807) is 6.92 Å². The van der Waals surface area contributed by atoms with Crippen molar-refractivity contribution in [2.75, 3.05) is 11.9 Å². The number of anilines is 1. The zero-order valence-electron chi connectivity index (χ0n) is 12.8. The summed E-state index contributed by atoms with van der Waals surface area (Å²) >= 11 is 0. The second-order valence-corrected chi connectivity index (χ2v) is 6.31. The van der Waals surface area contributed by atoms with Crippen LogP contribution in [-0.2, 0) is 4.74 Å². The minimum Gasteiger partial charge on any atom is -0.440 e. The predicted molar refractivity (Wildman–Crippen MR) is 73.2 cm³/mol.